The molecule has 3 rings (SSSR count). The Morgan fingerprint density at radius 2 is 1.82 bits per heavy atom. The zero-order valence-corrected chi connectivity index (χ0v) is 12.4. The maximum atomic E-state index is 12.5. The predicted octanol–water partition coefficient (Wildman–Crippen LogP) is 3.34. The Balaban J connectivity index is 1.92. The number of benzene rings is 2. The van der Waals surface area contributed by atoms with Gasteiger partial charge >= 0.3 is 0 Å². The summed E-state index contributed by atoms with van der Waals surface area (Å²) in [6.07, 6.45) is 1.44. The van der Waals surface area contributed by atoms with E-state index in [1.54, 1.807) is 0 Å². The van der Waals surface area contributed by atoms with E-state index in [1.807, 2.05) is 56.3 Å². The maximum absolute atomic E-state index is 12.5. The van der Waals surface area contributed by atoms with Gasteiger partial charge in [-0.25, -0.2) is 4.98 Å². The lowest BCUT2D eigenvalue weighted by molar-refractivity contribution is 0.102. The number of hydrogen-bond donors (Lipinski definition) is 2. The Bertz CT molecular complexity index is 789. The number of hydrogen-bond acceptors (Lipinski definition) is 3. The van der Waals surface area contributed by atoms with Crippen molar-refractivity contribution in [2.24, 2.45) is 0 Å². The summed E-state index contributed by atoms with van der Waals surface area (Å²) in [6, 6.07) is 13.3. The summed E-state index contributed by atoms with van der Waals surface area (Å²) in [4.78, 5) is 16.6. The quantitative estimate of drug-likeness (QED) is 0.777. The van der Waals surface area contributed by atoms with Crippen molar-refractivity contribution in [2.75, 3.05) is 5.32 Å². The van der Waals surface area contributed by atoms with E-state index in [0.29, 0.717) is 17.1 Å². The third-order valence-electron chi connectivity index (χ3n) is 3.33. The molecule has 0 spiro atoms. The Labute approximate surface area is 128 Å². The maximum Gasteiger partial charge on any atom is 0.255 e. The van der Waals surface area contributed by atoms with E-state index in [0.717, 1.165) is 16.7 Å². The van der Waals surface area contributed by atoms with Crippen LogP contribution in [0.4, 0.5) is 5.69 Å². The topological polar surface area (TPSA) is 70.7 Å². The first kappa shape index (κ1) is 14.0. The summed E-state index contributed by atoms with van der Waals surface area (Å²) in [5.41, 5.74) is 4.27. The number of aryl methyl sites for hydroxylation is 2. The van der Waals surface area contributed by atoms with Gasteiger partial charge in [-0.2, -0.15) is 5.10 Å². The molecule has 0 aliphatic carbocycles. The van der Waals surface area contributed by atoms with Crippen LogP contribution in [-0.4, -0.2) is 21.1 Å². The van der Waals surface area contributed by atoms with Gasteiger partial charge in [-0.05, 0) is 38.1 Å². The first-order valence-electron chi connectivity index (χ1n) is 6.98. The first-order valence-corrected chi connectivity index (χ1v) is 6.98. The van der Waals surface area contributed by atoms with Crippen molar-refractivity contribution in [3.05, 3.63) is 65.5 Å². The summed E-state index contributed by atoms with van der Waals surface area (Å²) < 4.78 is 0. The van der Waals surface area contributed by atoms with Crippen LogP contribution in [-0.2, 0) is 0 Å². The van der Waals surface area contributed by atoms with E-state index in [4.69, 9.17) is 0 Å². The van der Waals surface area contributed by atoms with E-state index in [9.17, 15) is 4.79 Å². The molecule has 0 unspecified atom stereocenters. The molecule has 0 radical (unpaired) electrons. The van der Waals surface area contributed by atoms with Gasteiger partial charge in [0.1, 0.15) is 6.33 Å². The van der Waals surface area contributed by atoms with E-state index in [-0.39, 0.29) is 5.91 Å². The molecule has 0 atom stereocenters. The van der Waals surface area contributed by atoms with Gasteiger partial charge in [0.2, 0.25) is 0 Å². The highest BCUT2D eigenvalue weighted by molar-refractivity contribution is 6.06. The largest absolute Gasteiger partial charge is 0.321 e. The molecule has 0 aliphatic rings. The molecule has 2 N–H and O–H groups in total. The molecule has 5 nitrogen and oxygen atoms in total. The van der Waals surface area contributed by atoms with Gasteiger partial charge in [0.15, 0.2) is 5.82 Å². The fourth-order valence-electron chi connectivity index (χ4n) is 2.43. The summed E-state index contributed by atoms with van der Waals surface area (Å²) in [5, 5.41) is 9.61. The van der Waals surface area contributed by atoms with Crippen LogP contribution in [0.1, 0.15) is 21.5 Å². The summed E-state index contributed by atoms with van der Waals surface area (Å²) in [7, 11) is 0. The highest BCUT2D eigenvalue weighted by Crippen LogP contribution is 2.25. The molecule has 5 heteroatoms. The fraction of sp³-hybridized carbons (Fsp3) is 0.118. The van der Waals surface area contributed by atoms with Crippen LogP contribution in [0, 0.1) is 13.8 Å². The van der Waals surface area contributed by atoms with Crippen LogP contribution < -0.4 is 5.32 Å². The average molecular weight is 292 g/mol. The molecule has 1 aromatic heterocycles. The van der Waals surface area contributed by atoms with Crippen LogP contribution >= 0.6 is 0 Å². The molecule has 3 aromatic rings. The molecule has 22 heavy (non-hydrogen) atoms. The average Bonchev–Trinajstić information content (AvgIpc) is 3.01. The third-order valence-corrected chi connectivity index (χ3v) is 3.33. The normalized spacial score (nSPS) is 10.5. The number of anilines is 1. The van der Waals surface area contributed by atoms with E-state index >= 15 is 0 Å². The smallest absolute Gasteiger partial charge is 0.255 e. The Morgan fingerprint density at radius 1 is 1.09 bits per heavy atom. The molecule has 0 bridgehead atoms. The van der Waals surface area contributed by atoms with Gasteiger partial charge < -0.3 is 5.32 Å². The number of amides is 1. The molecule has 110 valence electrons. The number of carbonyl (C=O) groups is 1. The summed E-state index contributed by atoms with van der Waals surface area (Å²) in [5.74, 6) is 0.482. The second-order valence-electron chi connectivity index (χ2n) is 5.21. The molecule has 1 heterocycles. The van der Waals surface area contributed by atoms with E-state index < -0.39 is 0 Å². The van der Waals surface area contributed by atoms with Crippen LogP contribution in [0.2, 0.25) is 0 Å². The molecule has 2 aromatic carbocycles. The second kappa shape index (κ2) is 5.81. The van der Waals surface area contributed by atoms with Crippen molar-refractivity contribution in [2.45, 2.75) is 13.8 Å². The van der Waals surface area contributed by atoms with Gasteiger partial charge in [0.05, 0.1) is 5.69 Å². The van der Waals surface area contributed by atoms with Crippen molar-refractivity contribution in [1.82, 2.24) is 15.2 Å². The van der Waals surface area contributed by atoms with Gasteiger partial charge in [0, 0.05) is 11.1 Å². The second-order valence-corrected chi connectivity index (χ2v) is 5.21. The van der Waals surface area contributed by atoms with Crippen LogP contribution in [0.15, 0.2) is 48.8 Å². The van der Waals surface area contributed by atoms with Crippen LogP contribution in [0.25, 0.3) is 11.4 Å². The van der Waals surface area contributed by atoms with Crippen molar-refractivity contribution >= 4 is 11.6 Å². The first-order chi connectivity index (χ1) is 10.6. The number of para-hydroxylation sites is 1. The number of nitrogens with one attached hydrogen (secondary N) is 2. The summed E-state index contributed by atoms with van der Waals surface area (Å²) >= 11 is 0. The molecule has 0 aliphatic heterocycles. The number of aromatic nitrogens is 3. The zero-order valence-electron chi connectivity index (χ0n) is 12.4. The van der Waals surface area contributed by atoms with Crippen LogP contribution in [0.3, 0.4) is 0 Å². The molecule has 0 fully saturated rings. The minimum atomic E-state index is -0.140. The van der Waals surface area contributed by atoms with Crippen molar-refractivity contribution in [3.8, 4) is 11.4 Å². The van der Waals surface area contributed by atoms with Crippen molar-refractivity contribution in [1.29, 1.82) is 0 Å². The minimum absolute atomic E-state index is 0.140. The van der Waals surface area contributed by atoms with Gasteiger partial charge in [-0.3, -0.25) is 9.89 Å². The molecule has 0 saturated heterocycles. The number of nitrogens with zero attached hydrogens (tertiary/aromatic N) is 2. The molecule has 0 saturated carbocycles. The zero-order chi connectivity index (χ0) is 15.5. The highest BCUT2D eigenvalue weighted by atomic mass is 16.1. The Morgan fingerprint density at radius 3 is 2.50 bits per heavy atom. The number of carbonyl (C=O) groups excluding carboxylic acids is 1. The van der Waals surface area contributed by atoms with Gasteiger partial charge in [-0.1, -0.05) is 29.3 Å². The van der Waals surface area contributed by atoms with Crippen LogP contribution in [0.5, 0.6) is 0 Å². The third kappa shape index (κ3) is 2.88. The Kier molecular flexibility index (Phi) is 3.70. The standard InChI is InChI=1S/C17H16N4O/c1-11-7-12(2)9-13(8-11)17(22)20-15-6-4-3-5-14(15)16-18-10-19-21-16/h3-10H,1-2H3,(H,20,22)(H,18,19,21). The van der Waals surface area contributed by atoms with Crippen molar-refractivity contribution < 1.29 is 4.79 Å². The monoisotopic (exact) mass is 292 g/mol. The highest BCUT2D eigenvalue weighted by Gasteiger charge is 2.12. The lowest BCUT2D eigenvalue weighted by Gasteiger charge is -2.10. The lowest BCUT2D eigenvalue weighted by atomic mass is 10.1. The minimum Gasteiger partial charge on any atom is -0.321 e. The molecule has 1 amide bonds. The Hall–Kier alpha value is -2.95. The number of aromatic amines is 1. The van der Waals surface area contributed by atoms with E-state index in [1.165, 1.54) is 6.33 Å². The number of H-pyrrole nitrogens is 1. The lowest BCUT2D eigenvalue weighted by Crippen LogP contribution is -2.13. The fourth-order valence-corrected chi connectivity index (χ4v) is 2.43. The predicted molar refractivity (Wildman–Crippen MR) is 85.7 cm³/mol. The van der Waals surface area contributed by atoms with Gasteiger partial charge in [-0.15, -0.1) is 0 Å². The van der Waals surface area contributed by atoms with Gasteiger partial charge in [0.25, 0.3) is 5.91 Å². The van der Waals surface area contributed by atoms with E-state index in [2.05, 4.69) is 20.5 Å². The number of rotatable bonds is 3. The summed E-state index contributed by atoms with van der Waals surface area (Å²) in [6.45, 7) is 3.96. The molecular formula is C17H16N4O. The molecular weight excluding hydrogens is 276 g/mol. The SMILES string of the molecule is Cc1cc(C)cc(C(=O)Nc2ccccc2-c2ncn[nH]2)c1. The van der Waals surface area contributed by atoms with Crippen molar-refractivity contribution in [3.63, 3.8) is 0 Å².